The van der Waals surface area contributed by atoms with E-state index >= 15 is 0 Å². The highest BCUT2D eigenvalue weighted by molar-refractivity contribution is 5.76. The normalized spacial score (nSPS) is 40.0. The van der Waals surface area contributed by atoms with Crippen molar-refractivity contribution in [2.24, 2.45) is 11.8 Å². The minimum atomic E-state index is -0.626. The van der Waals surface area contributed by atoms with E-state index in [1.807, 2.05) is 6.08 Å². The number of rotatable bonds is 2. The number of aliphatic hydroxyl groups excluding tert-OH is 1. The molecule has 0 aromatic rings. The summed E-state index contributed by atoms with van der Waals surface area (Å²) in [4.78, 5) is 14.8. The highest BCUT2D eigenvalue weighted by Crippen LogP contribution is 2.37. The third kappa shape index (κ3) is 4.08. The van der Waals surface area contributed by atoms with Gasteiger partial charge in [0.05, 0.1) is 25.2 Å². The fourth-order valence-electron chi connectivity index (χ4n) is 4.06. The molecule has 134 valence electrons. The highest BCUT2D eigenvalue weighted by Gasteiger charge is 2.48. The molecular weight excluding hydrogens is 306 g/mol. The zero-order valence-electron chi connectivity index (χ0n) is 14.7. The number of fused-ring (bicyclic) bond motifs is 1. The summed E-state index contributed by atoms with van der Waals surface area (Å²) in [5.74, 6) is -0.593. The summed E-state index contributed by atoms with van der Waals surface area (Å²) in [7, 11) is 0. The average Bonchev–Trinajstić information content (AvgIpc) is 2.83. The van der Waals surface area contributed by atoms with Gasteiger partial charge < -0.3 is 14.6 Å². The van der Waals surface area contributed by atoms with Gasteiger partial charge in [-0.2, -0.15) is 0 Å². The van der Waals surface area contributed by atoms with Crippen molar-refractivity contribution < 1.29 is 19.4 Å². The summed E-state index contributed by atoms with van der Waals surface area (Å²) >= 11 is 0. The maximum atomic E-state index is 12.5. The molecule has 0 aromatic carbocycles. The molecule has 4 unspecified atom stereocenters. The van der Waals surface area contributed by atoms with Crippen LogP contribution in [0.2, 0.25) is 0 Å². The maximum absolute atomic E-state index is 12.5. The van der Waals surface area contributed by atoms with E-state index in [4.69, 9.17) is 9.47 Å². The summed E-state index contributed by atoms with van der Waals surface area (Å²) in [6.45, 7) is 7.88. The average molecular weight is 335 g/mol. The van der Waals surface area contributed by atoms with E-state index in [1.165, 1.54) is 11.1 Å². The smallest absolute Gasteiger partial charge is 0.311 e. The molecule has 0 saturated carbocycles. The van der Waals surface area contributed by atoms with Crippen molar-refractivity contribution in [1.29, 1.82) is 0 Å². The van der Waals surface area contributed by atoms with E-state index < -0.39 is 6.10 Å². The molecule has 24 heavy (non-hydrogen) atoms. The van der Waals surface area contributed by atoms with Gasteiger partial charge in [0.2, 0.25) is 0 Å². The molecule has 2 aliphatic heterocycles. The van der Waals surface area contributed by atoms with E-state index in [-0.39, 0.29) is 23.9 Å². The van der Waals surface area contributed by atoms with Crippen LogP contribution in [0, 0.1) is 11.8 Å². The monoisotopic (exact) mass is 335 g/mol. The minimum absolute atomic E-state index is 0.159. The lowest BCUT2D eigenvalue weighted by molar-refractivity contribution is -0.144. The molecule has 3 rings (SSSR count). The van der Waals surface area contributed by atoms with Gasteiger partial charge in [0.25, 0.3) is 0 Å². The number of hydrogen-bond donors (Lipinski definition) is 1. The van der Waals surface area contributed by atoms with Crippen LogP contribution in [0.1, 0.15) is 33.1 Å². The molecule has 0 amide bonds. The fraction of sp³-hybridized carbons (Fsp3) is 0.737. The van der Waals surface area contributed by atoms with Gasteiger partial charge in [-0.1, -0.05) is 23.3 Å². The second-order valence-corrected chi connectivity index (χ2v) is 7.37. The highest BCUT2D eigenvalue weighted by atomic mass is 16.6. The lowest BCUT2D eigenvalue weighted by Crippen LogP contribution is -2.44. The van der Waals surface area contributed by atoms with E-state index in [1.54, 1.807) is 0 Å². The van der Waals surface area contributed by atoms with Gasteiger partial charge in [-0.3, -0.25) is 9.69 Å². The molecule has 1 aliphatic carbocycles. The quantitative estimate of drug-likeness (QED) is 0.617. The lowest BCUT2D eigenvalue weighted by atomic mass is 9.81. The molecule has 5 heteroatoms. The van der Waals surface area contributed by atoms with E-state index in [0.717, 1.165) is 32.4 Å². The van der Waals surface area contributed by atoms with Crippen LogP contribution in [-0.2, 0) is 14.3 Å². The largest absolute Gasteiger partial charge is 0.461 e. The predicted molar refractivity (Wildman–Crippen MR) is 91.5 cm³/mol. The zero-order valence-corrected chi connectivity index (χ0v) is 14.7. The minimum Gasteiger partial charge on any atom is -0.461 e. The van der Waals surface area contributed by atoms with Gasteiger partial charge in [0.15, 0.2) is 0 Å². The SMILES string of the molecule is C/C1=C\C(O)C2C(C/C(C)=C/CC1)OC(=O)C2CN1CCOCC1. The number of carbonyl (C=O) groups excluding carboxylic acids is 1. The van der Waals surface area contributed by atoms with Crippen molar-refractivity contribution in [2.75, 3.05) is 32.8 Å². The third-order valence-corrected chi connectivity index (χ3v) is 5.43. The van der Waals surface area contributed by atoms with Gasteiger partial charge in [-0.25, -0.2) is 0 Å². The van der Waals surface area contributed by atoms with Crippen LogP contribution in [0.25, 0.3) is 0 Å². The van der Waals surface area contributed by atoms with E-state index in [2.05, 4.69) is 24.8 Å². The number of carbonyl (C=O) groups is 1. The van der Waals surface area contributed by atoms with Crippen LogP contribution in [0.4, 0.5) is 0 Å². The Bertz CT molecular complexity index is 521. The van der Waals surface area contributed by atoms with E-state index in [9.17, 15) is 9.90 Å². The third-order valence-electron chi connectivity index (χ3n) is 5.43. The van der Waals surface area contributed by atoms with Gasteiger partial charge in [0.1, 0.15) is 6.10 Å². The van der Waals surface area contributed by atoms with Gasteiger partial charge in [-0.15, -0.1) is 0 Å². The Balaban J connectivity index is 1.81. The van der Waals surface area contributed by atoms with Crippen LogP contribution in [0.5, 0.6) is 0 Å². The second-order valence-electron chi connectivity index (χ2n) is 7.37. The van der Waals surface area contributed by atoms with Gasteiger partial charge >= 0.3 is 5.97 Å². The van der Waals surface area contributed by atoms with Crippen molar-refractivity contribution in [1.82, 2.24) is 4.90 Å². The van der Waals surface area contributed by atoms with E-state index in [0.29, 0.717) is 19.8 Å². The van der Waals surface area contributed by atoms with Crippen LogP contribution in [0.15, 0.2) is 23.3 Å². The molecule has 4 atom stereocenters. The number of esters is 1. The molecule has 0 spiro atoms. The second kappa shape index (κ2) is 7.81. The number of ether oxygens (including phenoxy) is 2. The molecule has 0 radical (unpaired) electrons. The van der Waals surface area contributed by atoms with Crippen molar-refractivity contribution in [2.45, 2.75) is 45.3 Å². The molecule has 0 aromatic heterocycles. The molecular formula is C19H29NO4. The predicted octanol–water partition coefficient (Wildman–Crippen LogP) is 1.91. The Morgan fingerprint density at radius 3 is 2.75 bits per heavy atom. The fourth-order valence-corrected chi connectivity index (χ4v) is 4.06. The molecule has 3 aliphatic rings. The van der Waals surface area contributed by atoms with Crippen molar-refractivity contribution >= 4 is 5.97 Å². The zero-order chi connectivity index (χ0) is 17.1. The molecule has 2 saturated heterocycles. The number of nitrogens with zero attached hydrogens (tertiary/aromatic N) is 1. The standard InChI is InChI=1S/C19H29NO4/c1-13-4-3-5-14(2)11-17-18(16(21)10-13)15(19(22)24-17)12-20-6-8-23-9-7-20/h5,10,15-18,21H,3-4,6-9,11-12H2,1-2H3/b13-10+,14-5+. The Morgan fingerprint density at radius 2 is 2.00 bits per heavy atom. The van der Waals surface area contributed by atoms with Crippen LogP contribution in [-0.4, -0.2) is 61.0 Å². The summed E-state index contributed by atoms with van der Waals surface area (Å²) in [5.41, 5.74) is 2.42. The maximum Gasteiger partial charge on any atom is 0.311 e. The molecule has 5 nitrogen and oxygen atoms in total. The first-order chi connectivity index (χ1) is 11.5. The Hall–Kier alpha value is -1.17. The van der Waals surface area contributed by atoms with Crippen molar-refractivity contribution in [3.05, 3.63) is 23.3 Å². The Morgan fingerprint density at radius 1 is 1.25 bits per heavy atom. The molecule has 1 N–H and O–H groups in total. The first-order valence-corrected chi connectivity index (χ1v) is 9.06. The number of aliphatic hydroxyl groups is 1. The Kier molecular flexibility index (Phi) is 5.74. The summed E-state index contributed by atoms with van der Waals surface area (Å²) < 4.78 is 11.1. The first-order valence-electron chi connectivity index (χ1n) is 9.06. The summed E-state index contributed by atoms with van der Waals surface area (Å²) in [6, 6.07) is 0. The number of hydrogen-bond acceptors (Lipinski definition) is 5. The Labute approximate surface area is 144 Å². The lowest BCUT2D eigenvalue weighted by Gasteiger charge is -2.31. The van der Waals surface area contributed by atoms with Gasteiger partial charge in [-0.05, 0) is 26.7 Å². The summed E-state index contributed by atoms with van der Waals surface area (Å²) in [5, 5.41) is 10.8. The van der Waals surface area contributed by atoms with Crippen LogP contribution < -0.4 is 0 Å². The van der Waals surface area contributed by atoms with Crippen molar-refractivity contribution in [3.63, 3.8) is 0 Å². The van der Waals surface area contributed by atoms with Crippen LogP contribution >= 0.6 is 0 Å². The van der Waals surface area contributed by atoms with Gasteiger partial charge in [0, 0.05) is 32.0 Å². The molecule has 2 fully saturated rings. The first kappa shape index (κ1) is 17.6. The topological polar surface area (TPSA) is 59.0 Å². The van der Waals surface area contributed by atoms with Crippen molar-refractivity contribution in [3.8, 4) is 0 Å². The number of morpholine rings is 1. The summed E-state index contributed by atoms with van der Waals surface area (Å²) in [6.07, 6.45) is 5.96. The number of allylic oxidation sites excluding steroid dienone is 2. The van der Waals surface area contributed by atoms with Crippen LogP contribution in [0.3, 0.4) is 0 Å². The molecule has 2 heterocycles. The molecule has 0 bridgehead atoms.